The van der Waals surface area contributed by atoms with Crippen LogP contribution in [0.2, 0.25) is 5.02 Å². The lowest BCUT2D eigenvalue weighted by atomic mass is 10.1. The van der Waals surface area contributed by atoms with Gasteiger partial charge >= 0.3 is 0 Å². The summed E-state index contributed by atoms with van der Waals surface area (Å²) in [5.74, 6) is 0.0416. The van der Waals surface area contributed by atoms with E-state index in [9.17, 15) is 4.79 Å². The highest BCUT2D eigenvalue weighted by molar-refractivity contribution is 6.34. The number of likely N-dealkylation sites (N-methyl/N-ethyl adjacent to an activating group) is 1. The van der Waals surface area contributed by atoms with Crippen molar-refractivity contribution in [3.05, 3.63) is 34.3 Å². The third-order valence-corrected chi connectivity index (χ3v) is 4.00. The van der Waals surface area contributed by atoms with Crippen molar-refractivity contribution in [2.75, 3.05) is 19.6 Å². The van der Waals surface area contributed by atoms with E-state index in [1.807, 2.05) is 36.9 Å². The Morgan fingerprint density at radius 2 is 2.33 bits per heavy atom. The number of amides is 1. The number of rotatable bonds is 3. The summed E-state index contributed by atoms with van der Waals surface area (Å²) < 4.78 is 0. The molecule has 0 radical (unpaired) electrons. The van der Waals surface area contributed by atoms with Gasteiger partial charge in [-0.2, -0.15) is 0 Å². The first-order valence-electron chi connectivity index (χ1n) is 6.42. The van der Waals surface area contributed by atoms with Gasteiger partial charge in [-0.05, 0) is 38.4 Å². The monoisotopic (exact) mass is 266 g/mol. The number of hydrogen-bond donors (Lipinski definition) is 1. The predicted octanol–water partition coefficient (Wildman–Crippen LogP) is 2.47. The fourth-order valence-corrected chi connectivity index (χ4v) is 2.65. The Balaban J connectivity index is 2.25. The quantitative estimate of drug-likeness (QED) is 0.912. The predicted molar refractivity (Wildman–Crippen MR) is 74.2 cm³/mol. The average molecular weight is 267 g/mol. The Bertz CT molecular complexity index is 441. The van der Waals surface area contributed by atoms with Gasteiger partial charge in [0.1, 0.15) is 0 Å². The van der Waals surface area contributed by atoms with Crippen molar-refractivity contribution in [3.8, 4) is 0 Å². The molecule has 1 aliphatic heterocycles. The van der Waals surface area contributed by atoms with Crippen LogP contribution in [0.5, 0.6) is 0 Å². The minimum atomic E-state index is 0.0416. The normalized spacial score (nSPS) is 18.9. The van der Waals surface area contributed by atoms with E-state index in [1.54, 1.807) is 0 Å². The van der Waals surface area contributed by atoms with Crippen LogP contribution in [0, 0.1) is 6.92 Å². The first kappa shape index (κ1) is 13.4. The lowest BCUT2D eigenvalue weighted by Gasteiger charge is -2.27. The van der Waals surface area contributed by atoms with Gasteiger partial charge in [0, 0.05) is 19.1 Å². The zero-order valence-corrected chi connectivity index (χ0v) is 11.6. The summed E-state index contributed by atoms with van der Waals surface area (Å²) in [6.45, 7) is 6.51. The van der Waals surface area contributed by atoms with Crippen molar-refractivity contribution >= 4 is 17.5 Å². The average Bonchev–Trinajstić information content (AvgIpc) is 2.87. The maximum Gasteiger partial charge on any atom is 0.255 e. The number of nitrogens with zero attached hydrogens (tertiary/aromatic N) is 1. The van der Waals surface area contributed by atoms with Crippen LogP contribution in [0.1, 0.15) is 29.3 Å². The van der Waals surface area contributed by atoms with Gasteiger partial charge in [-0.25, -0.2) is 0 Å². The van der Waals surface area contributed by atoms with Crippen molar-refractivity contribution in [2.24, 2.45) is 0 Å². The van der Waals surface area contributed by atoms with Gasteiger partial charge in [0.25, 0.3) is 5.91 Å². The molecule has 1 heterocycles. The Kier molecular flexibility index (Phi) is 4.25. The molecule has 1 unspecified atom stereocenters. The molecular weight excluding hydrogens is 248 g/mol. The van der Waals surface area contributed by atoms with Gasteiger partial charge in [-0.3, -0.25) is 4.79 Å². The number of hydrogen-bond acceptors (Lipinski definition) is 2. The van der Waals surface area contributed by atoms with Crippen LogP contribution >= 0.6 is 11.6 Å². The Morgan fingerprint density at radius 3 is 2.94 bits per heavy atom. The van der Waals surface area contributed by atoms with Crippen LogP contribution in [0.4, 0.5) is 0 Å². The fourth-order valence-electron chi connectivity index (χ4n) is 2.44. The van der Waals surface area contributed by atoms with Crippen LogP contribution in [0.15, 0.2) is 18.2 Å². The molecule has 3 nitrogen and oxygen atoms in total. The molecule has 1 N–H and O–H groups in total. The molecule has 0 aliphatic carbocycles. The molecular formula is C14H19ClN2O. The molecule has 98 valence electrons. The maximum absolute atomic E-state index is 12.5. The standard InChI is InChI=1S/C14H19ClN2O/c1-3-17(11-7-8-16-9-11)14(18)12-6-4-5-10(2)13(12)15/h4-6,11,16H,3,7-9H2,1-2H3. The van der Waals surface area contributed by atoms with Crippen LogP contribution in [-0.2, 0) is 0 Å². The molecule has 1 aromatic rings. The number of nitrogens with one attached hydrogen (secondary N) is 1. The van der Waals surface area contributed by atoms with Crippen LogP contribution < -0.4 is 5.32 Å². The molecule has 18 heavy (non-hydrogen) atoms. The molecule has 1 atom stereocenters. The summed E-state index contributed by atoms with van der Waals surface area (Å²) in [5, 5.41) is 3.87. The molecule has 1 fully saturated rings. The number of aryl methyl sites for hydroxylation is 1. The molecule has 0 aromatic heterocycles. The summed E-state index contributed by atoms with van der Waals surface area (Å²) in [7, 11) is 0. The van der Waals surface area contributed by atoms with Gasteiger partial charge in [0.05, 0.1) is 10.6 Å². The van der Waals surface area contributed by atoms with E-state index in [0.717, 1.165) is 31.6 Å². The second-order valence-electron chi connectivity index (χ2n) is 4.67. The van der Waals surface area contributed by atoms with E-state index in [-0.39, 0.29) is 5.91 Å². The molecule has 1 aliphatic rings. The van der Waals surface area contributed by atoms with Gasteiger partial charge < -0.3 is 10.2 Å². The highest BCUT2D eigenvalue weighted by atomic mass is 35.5. The smallest absolute Gasteiger partial charge is 0.255 e. The van der Waals surface area contributed by atoms with Crippen LogP contribution in [0.25, 0.3) is 0 Å². The van der Waals surface area contributed by atoms with E-state index in [2.05, 4.69) is 5.32 Å². The lowest BCUT2D eigenvalue weighted by Crippen LogP contribution is -2.41. The molecule has 1 saturated heterocycles. The second kappa shape index (κ2) is 5.72. The van der Waals surface area contributed by atoms with Crippen LogP contribution in [-0.4, -0.2) is 36.5 Å². The Hall–Kier alpha value is -1.06. The number of benzene rings is 1. The first-order valence-corrected chi connectivity index (χ1v) is 6.79. The van der Waals surface area contributed by atoms with Crippen LogP contribution in [0.3, 0.4) is 0 Å². The third kappa shape index (κ3) is 2.52. The summed E-state index contributed by atoms with van der Waals surface area (Å²) >= 11 is 6.23. The van der Waals surface area contributed by atoms with E-state index in [1.165, 1.54) is 0 Å². The Morgan fingerprint density at radius 1 is 1.56 bits per heavy atom. The van der Waals surface area contributed by atoms with Crippen molar-refractivity contribution in [3.63, 3.8) is 0 Å². The second-order valence-corrected chi connectivity index (χ2v) is 5.05. The summed E-state index contributed by atoms with van der Waals surface area (Å²) in [5.41, 5.74) is 1.56. The van der Waals surface area contributed by atoms with Gasteiger partial charge in [-0.15, -0.1) is 0 Å². The van der Waals surface area contributed by atoms with Gasteiger partial charge in [0.15, 0.2) is 0 Å². The maximum atomic E-state index is 12.5. The minimum Gasteiger partial charge on any atom is -0.335 e. The topological polar surface area (TPSA) is 32.3 Å². The molecule has 2 rings (SSSR count). The van der Waals surface area contributed by atoms with Gasteiger partial charge in [0.2, 0.25) is 0 Å². The number of carbonyl (C=O) groups excluding carboxylic acids is 1. The van der Waals surface area contributed by atoms with Crippen molar-refractivity contribution in [1.29, 1.82) is 0 Å². The minimum absolute atomic E-state index is 0.0416. The van der Waals surface area contributed by atoms with E-state index >= 15 is 0 Å². The number of carbonyl (C=O) groups is 1. The Labute approximate surface area is 113 Å². The van der Waals surface area contributed by atoms with E-state index in [4.69, 9.17) is 11.6 Å². The van der Waals surface area contributed by atoms with Crippen molar-refractivity contribution < 1.29 is 4.79 Å². The number of halogens is 1. The molecule has 0 bridgehead atoms. The van der Waals surface area contributed by atoms with E-state index in [0.29, 0.717) is 16.6 Å². The highest BCUT2D eigenvalue weighted by Crippen LogP contribution is 2.23. The SMILES string of the molecule is CCN(C(=O)c1cccc(C)c1Cl)C1CCNC1. The molecule has 1 aromatic carbocycles. The molecule has 0 spiro atoms. The summed E-state index contributed by atoms with van der Waals surface area (Å²) in [6, 6.07) is 5.91. The summed E-state index contributed by atoms with van der Waals surface area (Å²) in [4.78, 5) is 14.5. The fraction of sp³-hybridized carbons (Fsp3) is 0.500. The third-order valence-electron chi connectivity index (χ3n) is 3.50. The zero-order chi connectivity index (χ0) is 13.1. The van der Waals surface area contributed by atoms with Gasteiger partial charge in [-0.1, -0.05) is 23.7 Å². The molecule has 4 heteroatoms. The summed E-state index contributed by atoms with van der Waals surface area (Å²) in [6.07, 6.45) is 1.02. The zero-order valence-electron chi connectivity index (χ0n) is 10.9. The van der Waals surface area contributed by atoms with E-state index < -0.39 is 0 Å². The first-order chi connectivity index (χ1) is 8.65. The highest BCUT2D eigenvalue weighted by Gasteiger charge is 2.27. The largest absolute Gasteiger partial charge is 0.335 e. The molecule has 1 amide bonds. The van der Waals surface area contributed by atoms with Crippen molar-refractivity contribution in [2.45, 2.75) is 26.3 Å². The van der Waals surface area contributed by atoms with Crippen molar-refractivity contribution in [1.82, 2.24) is 10.2 Å². The lowest BCUT2D eigenvalue weighted by molar-refractivity contribution is 0.0704. The molecule has 0 saturated carbocycles.